The highest BCUT2D eigenvalue weighted by Gasteiger charge is 2.28. The van der Waals surface area contributed by atoms with Gasteiger partial charge in [-0.2, -0.15) is 0 Å². The highest BCUT2D eigenvalue weighted by molar-refractivity contribution is 5.60. The zero-order valence-corrected chi connectivity index (χ0v) is 11.9. The molecule has 1 aromatic heterocycles. The second kappa shape index (κ2) is 6.57. The molecule has 0 aromatic carbocycles. The lowest BCUT2D eigenvalue weighted by atomic mass is 10.2. The third kappa shape index (κ3) is 4.19. The minimum absolute atomic E-state index is 0.0696. The summed E-state index contributed by atoms with van der Waals surface area (Å²) >= 11 is 0. The van der Waals surface area contributed by atoms with Crippen LogP contribution in [0.4, 0.5) is 4.79 Å². The number of carbonyl (C=O) groups is 1. The van der Waals surface area contributed by atoms with Crippen LogP contribution >= 0.6 is 0 Å². The molecular formula is C13H18N2O6. The molecule has 1 saturated heterocycles. The number of aromatic amines is 1. The molecule has 0 amide bonds. The molecule has 8 nitrogen and oxygen atoms in total. The van der Waals surface area contributed by atoms with E-state index in [9.17, 15) is 14.4 Å². The van der Waals surface area contributed by atoms with Gasteiger partial charge in [-0.25, -0.2) is 9.59 Å². The molecule has 0 bridgehead atoms. The standard InChI is InChI=1S/C13H18N2O6/c1-8(2)20-13(18)19-7-9-3-4-11(21-9)15-6-5-10(16)14-12(15)17/h5-6,8-9,11H,3-4,7H2,1-2H3,(H,14,16,17). The van der Waals surface area contributed by atoms with Crippen LogP contribution in [0.2, 0.25) is 0 Å². The summed E-state index contributed by atoms with van der Waals surface area (Å²) in [7, 11) is 0. The minimum Gasteiger partial charge on any atom is -0.432 e. The van der Waals surface area contributed by atoms with Crippen LogP contribution in [-0.2, 0) is 14.2 Å². The van der Waals surface area contributed by atoms with E-state index < -0.39 is 23.6 Å². The van der Waals surface area contributed by atoms with Gasteiger partial charge in [-0.3, -0.25) is 14.3 Å². The number of hydrogen-bond donors (Lipinski definition) is 1. The highest BCUT2D eigenvalue weighted by Crippen LogP contribution is 2.26. The third-order valence-electron chi connectivity index (χ3n) is 2.97. The topological polar surface area (TPSA) is 99.6 Å². The Morgan fingerprint density at radius 1 is 1.48 bits per heavy atom. The van der Waals surface area contributed by atoms with Crippen LogP contribution in [0.15, 0.2) is 21.9 Å². The Bertz CT molecular complexity index is 605. The maximum atomic E-state index is 11.6. The van der Waals surface area contributed by atoms with E-state index in [1.165, 1.54) is 16.8 Å². The molecule has 0 radical (unpaired) electrons. The molecule has 2 heterocycles. The van der Waals surface area contributed by atoms with Crippen molar-refractivity contribution < 1.29 is 19.0 Å². The SMILES string of the molecule is CC(C)OC(=O)OCC1CCC(n2ccc(=O)[nH]c2=O)O1. The van der Waals surface area contributed by atoms with Crippen LogP contribution in [-0.4, -0.2) is 34.5 Å². The Balaban J connectivity index is 1.87. The summed E-state index contributed by atoms with van der Waals surface area (Å²) in [6.45, 7) is 3.53. The normalized spacial score (nSPS) is 21.5. The average Bonchev–Trinajstić information content (AvgIpc) is 2.84. The lowest BCUT2D eigenvalue weighted by Crippen LogP contribution is -2.32. The summed E-state index contributed by atoms with van der Waals surface area (Å²) in [5.41, 5.74) is -0.973. The molecule has 0 aliphatic carbocycles. The van der Waals surface area contributed by atoms with Crippen molar-refractivity contribution in [3.63, 3.8) is 0 Å². The molecule has 1 N–H and O–H groups in total. The molecule has 116 valence electrons. The van der Waals surface area contributed by atoms with Crippen LogP contribution in [0.5, 0.6) is 0 Å². The average molecular weight is 298 g/mol. The van der Waals surface area contributed by atoms with Gasteiger partial charge < -0.3 is 14.2 Å². The fourth-order valence-corrected chi connectivity index (χ4v) is 2.06. The van der Waals surface area contributed by atoms with Crippen molar-refractivity contribution in [1.29, 1.82) is 0 Å². The first-order valence-corrected chi connectivity index (χ1v) is 6.76. The van der Waals surface area contributed by atoms with E-state index in [1.54, 1.807) is 13.8 Å². The van der Waals surface area contributed by atoms with Gasteiger partial charge in [0.25, 0.3) is 5.56 Å². The van der Waals surface area contributed by atoms with Crippen molar-refractivity contribution in [2.45, 2.75) is 45.1 Å². The smallest absolute Gasteiger partial charge is 0.432 e. The van der Waals surface area contributed by atoms with Crippen LogP contribution in [0, 0.1) is 0 Å². The number of ether oxygens (including phenoxy) is 3. The van der Waals surface area contributed by atoms with Gasteiger partial charge in [-0.05, 0) is 26.7 Å². The van der Waals surface area contributed by atoms with Crippen molar-refractivity contribution in [3.05, 3.63) is 33.1 Å². The predicted octanol–water partition coefficient (Wildman–Crippen LogP) is 0.776. The van der Waals surface area contributed by atoms with E-state index in [4.69, 9.17) is 14.2 Å². The van der Waals surface area contributed by atoms with Crippen molar-refractivity contribution in [1.82, 2.24) is 9.55 Å². The van der Waals surface area contributed by atoms with E-state index in [2.05, 4.69) is 4.98 Å². The van der Waals surface area contributed by atoms with Crippen molar-refractivity contribution in [2.75, 3.05) is 6.61 Å². The van der Waals surface area contributed by atoms with Crippen molar-refractivity contribution in [2.24, 2.45) is 0 Å². The van der Waals surface area contributed by atoms with Gasteiger partial charge in [0.1, 0.15) is 12.8 Å². The van der Waals surface area contributed by atoms with Gasteiger partial charge >= 0.3 is 11.8 Å². The first kappa shape index (κ1) is 15.3. The second-order valence-corrected chi connectivity index (χ2v) is 5.04. The van der Waals surface area contributed by atoms with Crippen LogP contribution in [0.1, 0.15) is 32.9 Å². The fraction of sp³-hybridized carbons (Fsp3) is 0.615. The van der Waals surface area contributed by atoms with Gasteiger partial charge in [0.2, 0.25) is 0 Å². The molecule has 0 saturated carbocycles. The molecule has 2 rings (SSSR count). The quantitative estimate of drug-likeness (QED) is 0.824. The molecule has 1 aliphatic rings. The number of carbonyl (C=O) groups excluding carboxylic acids is 1. The molecule has 2 unspecified atom stereocenters. The molecule has 1 aliphatic heterocycles. The van der Waals surface area contributed by atoms with Crippen LogP contribution in [0.3, 0.4) is 0 Å². The second-order valence-electron chi connectivity index (χ2n) is 5.04. The lowest BCUT2D eigenvalue weighted by Gasteiger charge is -2.15. The molecular weight excluding hydrogens is 280 g/mol. The third-order valence-corrected chi connectivity index (χ3v) is 2.97. The molecule has 0 spiro atoms. The number of nitrogens with zero attached hydrogens (tertiary/aromatic N) is 1. The van der Waals surface area contributed by atoms with Crippen molar-refractivity contribution >= 4 is 6.16 Å². The van der Waals surface area contributed by atoms with Gasteiger partial charge in [0.05, 0.1) is 12.2 Å². The maximum absolute atomic E-state index is 11.6. The van der Waals surface area contributed by atoms with Gasteiger partial charge in [-0.15, -0.1) is 0 Å². The van der Waals surface area contributed by atoms with E-state index in [0.717, 1.165) is 0 Å². The Morgan fingerprint density at radius 2 is 2.24 bits per heavy atom. The Morgan fingerprint density at radius 3 is 2.90 bits per heavy atom. The van der Waals surface area contributed by atoms with E-state index in [1.807, 2.05) is 0 Å². The summed E-state index contributed by atoms with van der Waals surface area (Å²) in [4.78, 5) is 36.1. The summed E-state index contributed by atoms with van der Waals surface area (Å²) in [6.07, 6.45) is 0.886. The molecule has 1 aromatic rings. The van der Waals surface area contributed by atoms with Crippen molar-refractivity contribution in [3.8, 4) is 0 Å². The predicted molar refractivity (Wildman–Crippen MR) is 72.0 cm³/mol. The Labute approximate surface area is 120 Å². The molecule has 1 fully saturated rings. The fourth-order valence-electron chi connectivity index (χ4n) is 2.06. The van der Waals surface area contributed by atoms with E-state index in [0.29, 0.717) is 12.8 Å². The van der Waals surface area contributed by atoms with E-state index in [-0.39, 0.29) is 18.8 Å². The largest absolute Gasteiger partial charge is 0.508 e. The number of aromatic nitrogens is 2. The monoisotopic (exact) mass is 298 g/mol. The zero-order valence-electron chi connectivity index (χ0n) is 11.9. The number of H-pyrrole nitrogens is 1. The van der Waals surface area contributed by atoms with E-state index >= 15 is 0 Å². The van der Waals surface area contributed by atoms with Gasteiger partial charge in [-0.1, -0.05) is 0 Å². The first-order valence-electron chi connectivity index (χ1n) is 6.76. The molecule has 2 atom stereocenters. The molecule has 8 heteroatoms. The summed E-state index contributed by atoms with van der Waals surface area (Å²) in [5.74, 6) is 0. The maximum Gasteiger partial charge on any atom is 0.508 e. The zero-order chi connectivity index (χ0) is 15.4. The number of rotatable bonds is 4. The van der Waals surface area contributed by atoms with Crippen LogP contribution in [0.25, 0.3) is 0 Å². The Hall–Kier alpha value is -2.09. The number of hydrogen-bond acceptors (Lipinski definition) is 6. The van der Waals surface area contributed by atoms with Gasteiger partial charge in [0, 0.05) is 12.3 Å². The summed E-state index contributed by atoms with van der Waals surface area (Å²) in [5, 5.41) is 0. The summed E-state index contributed by atoms with van der Waals surface area (Å²) in [6, 6.07) is 1.26. The summed E-state index contributed by atoms with van der Waals surface area (Å²) < 4.78 is 16.7. The lowest BCUT2D eigenvalue weighted by molar-refractivity contribution is -0.0436. The van der Waals surface area contributed by atoms with Gasteiger partial charge in [0.15, 0.2) is 0 Å². The first-order chi connectivity index (χ1) is 9.95. The van der Waals surface area contributed by atoms with Crippen LogP contribution < -0.4 is 11.2 Å². The Kier molecular flexibility index (Phi) is 4.79. The minimum atomic E-state index is -0.738. The molecule has 21 heavy (non-hydrogen) atoms. The highest BCUT2D eigenvalue weighted by atomic mass is 16.7. The number of nitrogens with one attached hydrogen (secondary N) is 1.